The zero-order chi connectivity index (χ0) is 20.9. The van der Waals surface area contributed by atoms with E-state index in [4.69, 9.17) is 4.98 Å². The third kappa shape index (κ3) is 4.17. The molecule has 3 heterocycles. The Morgan fingerprint density at radius 1 is 1.17 bits per heavy atom. The Balaban J connectivity index is 1.38. The highest BCUT2D eigenvalue weighted by atomic mass is 16.2. The van der Waals surface area contributed by atoms with E-state index in [1.165, 1.54) is 0 Å². The fourth-order valence-corrected chi connectivity index (χ4v) is 3.98. The predicted molar refractivity (Wildman–Crippen MR) is 121 cm³/mol. The van der Waals surface area contributed by atoms with Crippen molar-refractivity contribution in [2.45, 2.75) is 32.2 Å². The number of amides is 1. The predicted octanol–water partition coefficient (Wildman–Crippen LogP) is 4.12. The molecule has 154 valence electrons. The van der Waals surface area contributed by atoms with Crippen molar-refractivity contribution >= 4 is 29.0 Å². The van der Waals surface area contributed by atoms with Crippen LogP contribution >= 0.6 is 0 Å². The number of carbonyl (C=O) groups is 1. The zero-order valence-corrected chi connectivity index (χ0v) is 17.3. The molecule has 30 heavy (non-hydrogen) atoms. The Hall–Kier alpha value is -3.28. The minimum atomic E-state index is -0.0802. The third-order valence-electron chi connectivity index (χ3n) is 5.70. The van der Waals surface area contributed by atoms with Crippen LogP contribution in [0.25, 0.3) is 11.0 Å². The van der Waals surface area contributed by atoms with Crippen molar-refractivity contribution in [3.63, 3.8) is 0 Å². The lowest BCUT2D eigenvalue weighted by Crippen LogP contribution is -2.43. The van der Waals surface area contributed by atoms with Gasteiger partial charge in [-0.1, -0.05) is 43.0 Å². The van der Waals surface area contributed by atoms with Crippen molar-refractivity contribution in [2.75, 3.05) is 18.0 Å². The van der Waals surface area contributed by atoms with Gasteiger partial charge in [0.1, 0.15) is 5.82 Å². The van der Waals surface area contributed by atoms with E-state index >= 15 is 0 Å². The summed E-state index contributed by atoms with van der Waals surface area (Å²) < 4.78 is 0. The van der Waals surface area contributed by atoms with E-state index in [9.17, 15) is 4.79 Å². The number of hydrazone groups is 1. The fourth-order valence-electron chi connectivity index (χ4n) is 3.98. The molecule has 2 aliphatic rings. The number of aromatic nitrogens is 2. The summed E-state index contributed by atoms with van der Waals surface area (Å²) in [7, 11) is 0. The van der Waals surface area contributed by atoms with E-state index in [0.717, 1.165) is 54.8 Å². The van der Waals surface area contributed by atoms with Crippen LogP contribution in [0.2, 0.25) is 0 Å². The van der Waals surface area contributed by atoms with Crippen LogP contribution in [0.15, 0.2) is 72.0 Å². The molecule has 1 atom stereocenters. The third-order valence-corrected chi connectivity index (χ3v) is 5.70. The number of rotatable bonds is 5. The number of carbonyl (C=O) groups excluding carboxylic acids is 1. The molecule has 0 spiro atoms. The quantitative estimate of drug-likeness (QED) is 0.707. The second kappa shape index (κ2) is 9.03. The minimum Gasteiger partial charge on any atom is -0.355 e. The number of fused-ring (bicyclic) bond motifs is 1. The van der Waals surface area contributed by atoms with Crippen LogP contribution in [0.1, 0.15) is 26.2 Å². The normalized spacial score (nSPS) is 20.1. The zero-order valence-electron chi connectivity index (χ0n) is 17.3. The highest BCUT2D eigenvalue weighted by Crippen LogP contribution is 2.28. The number of anilines is 1. The molecule has 1 fully saturated rings. The largest absolute Gasteiger partial charge is 0.355 e. The standard InChI is InChI=1S/C24H27N5O/c1-3-4-5-8-18(2)22-11-14-26-29(22)24(30)19-12-15-28(16-13-19)23-17-25-20-9-6-7-10-21(20)27-23/h3-10,14,17,19,22H,2,11-13,15-16H2,1H3/b4-3-,8-5-/t22-/m0/s1. The van der Waals surface area contributed by atoms with Gasteiger partial charge in [-0.2, -0.15) is 5.10 Å². The van der Waals surface area contributed by atoms with Crippen molar-refractivity contribution < 1.29 is 4.79 Å². The van der Waals surface area contributed by atoms with E-state index < -0.39 is 0 Å². The highest BCUT2D eigenvalue weighted by Gasteiger charge is 2.34. The molecule has 6 heteroatoms. The van der Waals surface area contributed by atoms with Crippen LogP contribution < -0.4 is 4.90 Å². The Labute approximate surface area is 177 Å². The molecular weight excluding hydrogens is 374 g/mol. The number of hydrogen-bond donors (Lipinski definition) is 0. The van der Waals surface area contributed by atoms with Crippen LogP contribution in [-0.4, -0.2) is 46.2 Å². The van der Waals surface area contributed by atoms with E-state index in [0.29, 0.717) is 0 Å². The maximum Gasteiger partial charge on any atom is 0.246 e. The van der Waals surface area contributed by atoms with Crippen molar-refractivity contribution in [1.29, 1.82) is 0 Å². The van der Waals surface area contributed by atoms with Gasteiger partial charge in [0.15, 0.2) is 0 Å². The summed E-state index contributed by atoms with van der Waals surface area (Å²) in [6.07, 6.45) is 13.8. The number of nitrogens with zero attached hydrogens (tertiary/aromatic N) is 5. The fraction of sp³-hybridized carbons (Fsp3) is 0.333. The molecule has 1 amide bonds. The van der Waals surface area contributed by atoms with Crippen molar-refractivity contribution in [3.05, 3.63) is 66.9 Å². The molecule has 0 aliphatic carbocycles. The number of hydrogen-bond acceptors (Lipinski definition) is 5. The number of piperidine rings is 1. The second-order valence-corrected chi connectivity index (χ2v) is 7.67. The average molecular weight is 402 g/mol. The Morgan fingerprint density at radius 2 is 1.93 bits per heavy atom. The average Bonchev–Trinajstić information content (AvgIpc) is 3.28. The summed E-state index contributed by atoms with van der Waals surface area (Å²) in [5.41, 5.74) is 2.70. The van der Waals surface area contributed by atoms with Gasteiger partial charge in [-0.3, -0.25) is 9.78 Å². The molecule has 2 aromatic rings. The van der Waals surface area contributed by atoms with Gasteiger partial charge < -0.3 is 4.90 Å². The summed E-state index contributed by atoms with van der Waals surface area (Å²) in [6, 6.07) is 7.80. The molecule has 0 radical (unpaired) electrons. The first kappa shape index (κ1) is 20.0. The summed E-state index contributed by atoms with van der Waals surface area (Å²) in [4.78, 5) is 24.6. The minimum absolute atomic E-state index is 0.0280. The van der Waals surface area contributed by atoms with Crippen LogP contribution in [-0.2, 0) is 4.79 Å². The molecule has 1 saturated heterocycles. The van der Waals surface area contributed by atoms with Gasteiger partial charge in [-0.15, -0.1) is 0 Å². The highest BCUT2D eigenvalue weighted by molar-refractivity contribution is 5.83. The number of para-hydroxylation sites is 2. The van der Waals surface area contributed by atoms with Crippen LogP contribution in [0.4, 0.5) is 5.82 Å². The first-order valence-corrected chi connectivity index (χ1v) is 10.5. The van der Waals surface area contributed by atoms with Crippen molar-refractivity contribution in [2.24, 2.45) is 11.0 Å². The Kier molecular flexibility index (Phi) is 6.02. The Bertz CT molecular complexity index is 1020. The molecule has 0 bridgehead atoms. The van der Waals surface area contributed by atoms with Gasteiger partial charge >= 0.3 is 0 Å². The van der Waals surface area contributed by atoms with Crippen LogP contribution in [0, 0.1) is 5.92 Å². The smallest absolute Gasteiger partial charge is 0.246 e. The Morgan fingerprint density at radius 3 is 2.70 bits per heavy atom. The topological polar surface area (TPSA) is 61.7 Å². The maximum absolute atomic E-state index is 13.1. The molecule has 0 saturated carbocycles. The molecule has 1 aromatic carbocycles. The lowest BCUT2D eigenvalue weighted by molar-refractivity contribution is -0.137. The maximum atomic E-state index is 13.1. The van der Waals surface area contributed by atoms with E-state index in [-0.39, 0.29) is 17.9 Å². The lowest BCUT2D eigenvalue weighted by Gasteiger charge is -2.34. The molecule has 0 N–H and O–H groups in total. The molecule has 0 unspecified atom stereocenters. The van der Waals surface area contributed by atoms with E-state index in [1.807, 2.05) is 67.9 Å². The summed E-state index contributed by atoms with van der Waals surface area (Å²) >= 11 is 0. The lowest BCUT2D eigenvalue weighted by atomic mass is 9.94. The molecule has 4 rings (SSSR count). The van der Waals surface area contributed by atoms with Crippen molar-refractivity contribution in [3.8, 4) is 0 Å². The van der Waals surface area contributed by atoms with Crippen LogP contribution in [0.3, 0.4) is 0 Å². The first-order chi connectivity index (χ1) is 14.7. The van der Waals surface area contributed by atoms with Crippen LogP contribution in [0.5, 0.6) is 0 Å². The summed E-state index contributed by atoms with van der Waals surface area (Å²) in [6.45, 7) is 7.69. The van der Waals surface area contributed by atoms with Gasteiger partial charge in [-0.05, 0) is 37.5 Å². The summed E-state index contributed by atoms with van der Waals surface area (Å²) in [5.74, 6) is 0.942. The van der Waals surface area contributed by atoms with Crippen molar-refractivity contribution in [1.82, 2.24) is 15.0 Å². The molecule has 6 nitrogen and oxygen atoms in total. The molecular formula is C24H27N5O. The van der Waals surface area contributed by atoms with E-state index in [2.05, 4.69) is 21.6 Å². The molecule has 2 aliphatic heterocycles. The van der Waals surface area contributed by atoms with Gasteiger partial charge in [-0.25, -0.2) is 9.99 Å². The van der Waals surface area contributed by atoms with Gasteiger partial charge in [0, 0.05) is 31.6 Å². The van der Waals surface area contributed by atoms with Gasteiger partial charge in [0.05, 0.1) is 23.3 Å². The SMILES string of the molecule is C=C(/C=C\C=C/C)[C@@H]1CC=NN1C(=O)C1CCN(c2cnc3ccccc3n2)CC1. The first-order valence-electron chi connectivity index (χ1n) is 10.5. The number of allylic oxidation sites excluding steroid dienone is 3. The summed E-state index contributed by atoms with van der Waals surface area (Å²) in [5, 5.41) is 6.00. The second-order valence-electron chi connectivity index (χ2n) is 7.67. The monoisotopic (exact) mass is 401 g/mol. The van der Waals surface area contributed by atoms with Gasteiger partial charge in [0.25, 0.3) is 0 Å². The van der Waals surface area contributed by atoms with E-state index in [1.54, 1.807) is 5.01 Å². The van der Waals surface area contributed by atoms with Gasteiger partial charge in [0.2, 0.25) is 5.91 Å². The number of benzene rings is 1. The molecule has 1 aromatic heterocycles.